The second kappa shape index (κ2) is 2.79. The summed E-state index contributed by atoms with van der Waals surface area (Å²) in [4.78, 5) is 15.4. The van der Waals surface area contributed by atoms with E-state index in [2.05, 4.69) is 24.1 Å². The smallest absolute Gasteiger partial charge is 0.324 e. The summed E-state index contributed by atoms with van der Waals surface area (Å²) in [5, 5.41) is 2.66. The van der Waals surface area contributed by atoms with Crippen LogP contribution in [-0.2, 0) is 0 Å². The van der Waals surface area contributed by atoms with Crippen molar-refractivity contribution in [2.75, 3.05) is 13.6 Å². The van der Waals surface area contributed by atoms with E-state index < -0.39 is 5.50 Å². The zero-order valence-electron chi connectivity index (χ0n) is 8.54. The van der Waals surface area contributed by atoms with Crippen LogP contribution in [0.15, 0.2) is 11.9 Å². The van der Waals surface area contributed by atoms with Gasteiger partial charge < -0.3 is 10.2 Å². The predicted octanol–water partition coefficient (Wildman–Crippen LogP) is 1.14. The highest BCUT2D eigenvalue weighted by molar-refractivity contribution is 6.22. The first-order valence-electron chi connectivity index (χ1n) is 4.59. The van der Waals surface area contributed by atoms with Crippen molar-refractivity contribution in [3.05, 3.63) is 11.9 Å². The summed E-state index contributed by atoms with van der Waals surface area (Å²) in [5.74, 6) is 0.902. The van der Waals surface area contributed by atoms with E-state index in [1.165, 1.54) is 0 Å². The Hall–Kier alpha value is -0.900. The zero-order valence-corrected chi connectivity index (χ0v) is 9.30. The standard InChI is InChI=1S/C9H14ClN3O/c1-9(2)5-13-7(12(9)3)4-6(10)11-8(13)14/h4,6H,5H2,1-3H3,(H,11,14). The SMILES string of the molecule is CN1C2=CC(Cl)NC(=O)N2CC1(C)C. The average Bonchev–Trinajstić information content (AvgIpc) is 2.28. The molecular formula is C9H14ClN3O. The van der Waals surface area contributed by atoms with E-state index in [1.807, 2.05) is 13.1 Å². The Morgan fingerprint density at radius 2 is 2.29 bits per heavy atom. The van der Waals surface area contributed by atoms with E-state index in [0.717, 1.165) is 5.82 Å². The number of alkyl halides is 1. The second-order valence-electron chi connectivity index (χ2n) is 4.33. The van der Waals surface area contributed by atoms with Gasteiger partial charge in [-0.15, -0.1) is 0 Å². The summed E-state index contributed by atoms with van der Waals surface area (Å²) >= 11 is 5.87. The quantitative estimate of drug-likeness (QED) is 0.486. The summed E-state index contributed by atoms with van der Waals surface area (Å²) in [6.07, 6.45) is 1.86. The maximum atomic E-state index is 11.6. The molecule has 0 aliphatic carbocycles. The summed E-state index contributed by atoms with van der Waals surface area (Å²) in [7, 11) is 1.98. The molecule has 1 N–H and O–H groups in total. The summed E-state index contributed by atoms with van der Waals surface area (Å²) in [5.41, 5.74) is -0.422. The normalized spacial score (nSPS) is 29.9. The number of nitrogens with one attached hydrogen (secondary N) is 1. The molecule has 2 rings (SSSR count). The number of hydrogen-bond acceptors (Lipinski definition) is 2. The van der Waals surface area contributed by atoms with Crippen LogP contribution in [0, 0.1) is 0 Å². The lowest BCUT2D eigenvalue weighted by Crippen LogP contribution is -2.45. The number of carbonyl (C=O) groups excluding carboxylic acids is 1. The third kappa shape index (κ3) is 1.25. The first kappa shape index (κ1) is 9.65. The molecule has 2 aliphatic rings. The van der Waals surface area contributed by atoms with Crippen LogP contribution in [0.5, 0.6) is 0 Å². The predicted molar refractivity (Wildman–Crippen MR) is 54.8 cm³/mol. The molecule has 4 nitrogen and oxygen atoms in total. The van der Waals surface area contributed by atoms with Crippen molar-refractivity contribution in [2.45, 2.75) is 24.9 Å². The number of likely N-dealkylation sites (N-methyl/N-ethyl adjacent to an activating group) is 1. The Morgan fingerprint density at radius 1 is 1.64 bits per heavy atom. The van der Waals surface area contributed by atoms with Crippen LogP contribution >= 0.6 is 11.6 Å². The number of fused-ring (bicyclic) bond motifs is 1. The van der Waals surface area contributed by atoms with Crippen molar-refractivity contribution < 1.29 is 4.79 Å². The first-order chi connectivity index (χ1) is 6.42. The minimum atomic E-state index is -0.398. The number of hydrogen-bond donors (Lipinski definition) is 1. The highest BCUT2D eigenvalue weighted by Gasteiger charge is 2.42. The number of halogens is 1. The fraction of sp³-hybridized carbons (Fsp3) is 0.667. The highest BCUT2D eigenvalue weighted by Crippen LogP contribution is 2.32. The molecule has 0 bridgehead atoms. The molecule has 1 unspecified atom stereocenters. The number of rotatable bonds is 0. The van der Waals surface area contributed by atoms with Gasteiger partial charge in [0, 0.05) is 7.05 Å². The minimum Gasteiger partial charge on any atom is -0.354 e. The van der Waals surface area contributed by atoms with E-state index in [9.17, 15) is 4.79 Å². The average molecular weight is 216 g/mol. The van der Waals surface area contributed by atoms with Gasteiger partial charge in [-0.05, 0) is 19.9 Å². The van der Waals surface area contributed by atoms with Gasteiger partial charge in [-0.1, -0.05) is 11.6 Å². The molecule has 0 aromatic heterocycles. The van der Waals surface area contributed by atoms with Crippen molar-refractivity contribution in [2.24, 2.45) is 0 Å². The molecule has 0 saturated carbocycles. The third-order valence-electron chi connectivity index (χ3n) is 2.88. The van der Waals surface area contributed by atoms with E-state index in [0.29, 0.717) is 6.54 Å². The third-order valence-corrected chi connectivity index (χ3v) is 3.11. The van der Waals surface area contributed by atoms with Gasteiger partial charge in [-0.2, -0.15) is 0 Å². The van der Waals surface area contributed by atoms with Gasteiger partial charge in [0.05, 0.1) is 12.1 Å². The van der Waals surface area contributed by atoms with Crippen LogP contribution in [0.3, 0.4) is 0 Å². The van der Waals surface area contributed by atoms with Crippen molar-refractivity contribution in [1.29, 1.82) is 0 Å². The van der Waals surface area contributed by atoms with Crippen molar-refractivity contribution >= 4 is 17.6 Å². The fourth-order valence-electron chi connectivity index (χ4n) is 1.81. The van der Waals surface area contributed by atoms with Gasteiger partial charge in [0.15, 0.2) is 0 Å². The Kier molecular flexibility index (Phi) is 1.93. The molecule has 14 heavy (non-hydrogen) atoms. The summed E-state index contributed by atoms with van der Waals surface area (Å²) < 4.78 is 0. The molecule has 0 spiro atoms. The number of carbonyl (C=O) groups is 1. The van der Waals surface area contributed by atoms with E-state index in [1.54, 1.807) is 4.90 Å². The summed E-state index contributed by atoms with van der Waals surface area (Å²) in [6, 6.07) is -0.111. The van der Waals surface area contributed by atoms with Gasteiger partial charge in [0.25, 0.3) is 0 Å². The van der Waals surface area contributed by atoms with Crippen LogP contribution in [0.25, 0.3) is 0 Å². The maximum Gasteiger partial charge on any atom is 0.324 e. The van der Waals surface area contributed by atoms with Crippen LogP contribution in [0.2, 0.25) is 0 Å². The molecule has 5 heteroatoms. The monoisotopic (exact) mass is 215 g/mol. The van der Waals surface area contributed by atoms with Crippen molar-refractivity contribution in [1.82, 2.24) is 15.1 Å². The molecular weight excluding hydrogens is 202 g/mol. The molecule has 1 atom stereocenters. The lowest BCUT2D eigenvalue weighted by molar-refractivity contribution is 0.210. The number of amides is 2. The van der Waals surface area contributed by atoms with Gasteiger partial charge in [0.2, 0.25) is 0 Å². The lowest BCUT2D eigenvalue weighted by atomic mass is 10.1. The second-order valence-corrected chi connectivity index (χ2v) is 4.80. The van der Waals surface area contributed by atoms with Crippen LogP contribution in [-0.4, -0.2) is 40.5 Å². The molecule has 0 aromatic rings. The fourth-order valence-corrected chi connectivity index (χ4v) is 2.02. The number of urea groups is 1. The van der Waals surface area contributed by atoms with E-state index >= 15 is 0 Å². The Balaban J connectivity index is 2.38. The van der Waals surface area contributed by atoms with Crippen LogP contribution in [0.4, 0.5) is 4.79 Å². The topological polar surface area (TPSA) is 35.6 Å². The lowest BCUT2D eigenvalue weighted by Gasteiger charge is -2.29. The summed E-state index contributed by atoms with van der Waals surface area (Å²) in [6.45, 7) is 4.90. The van der Waals surface area contributed by atoms with Gasteiger partial charge in [0.1, 0.15) is 11.3 Å². The van der Waals surface area contributed by atoms with Crippen LogP contribution < -0.4 is 5.32 Å². The van der Waals surface area contributed by atoms with E-state index in [4.69, 9.17) is 11.6 Å². The molecule has 1 saturated heterocycles. The van der Waals surface area contributed by atoms with Gasteiger partial charge >= 0.3 is 6.03 Å². The number of nitrogens with zero attached hydrogens (tertiary/aromatic N) is 2. The zero-order chi connectivity index (χ0) is 10.5. The first-order valence-corrected chi connectivity index (χ1v) is 5.03. The molecule has 0 radical (unpaired) electrons. The van der Waals surface area contributed by atoms with Gasteiger partial charge in [-0.3, -0.25) is 4.90 Å². The Labute approximate surface area is 88.5 Å². The Bertz CT molecular complexity index is 313. The minimum absolute atomic E-state index is 0.0237. The molecule has 2 aliphatic heterocycles. The van der Waals surface area contributed by atoms with Crippen molar-refractivity contribution in [3.63, 3.8) is 0 Å². The largest absolute Gasteiger partial charge is 0.354 e. The maximum absolute atomic E-state index is 11.6. The van der Waals surface area contributed by atoms with Crippen molar-refractivity contribution in [3.8, 4) is 0 Å². The van der Waals surface area contributed by atoms with Crippen LogP contribution in [0.1, 0.15) is 13.8 Å². The Morgan fingerprint density at radius 3 is 2.93 bits per heavy atom. The van der Waals surface area contributed by atoms with Gasteiger partial charge in [-0.25, -0.2) is 4.79 Å². The molecule has 0 aromatic carbocycles. The molecule has 1 fully saturated rings. The molecule has 2 heterocycles. The molecule has 2 amide bonds. The van der Waals surface area contributed by atoms with E-state index in [-0.39, 0.29) is 11.6 Å². The highest BCUT2D eigenvalue weighted by atomic mass is 35.5. The molecule has 78 valence electrons.